The van der Waals surface area contributed by atoms with Crippen molar-refractivity contribution in [1.82, 2.24) is 14.7 Å². The minimum atomic E-state index is -0.407. The molecule has 1 aliphatic heterocycles. The molecular formula is C22H30N4O4. The molecule has 1 aliphatic rings. The van der Waals surface area contributed by atoms with Gasteiger partial charge in [0.25, 0.3) is 0 Å². The molecule has 2 aromatic rings. The Morgan fingerprint density at radius 3 is 2.53 bits per heavy atom. The predicted molar refractivity (Wildman–Crippen MR) is 113 cm³/mol. The van der Waals surface area contributed by atoms with Gasteiger partial charge in [-0.15, -0.1) is 0 Å². The first-order valence-electron chi connectivity index (χ1n) is 10.4. The molecule has 0 spiro atoms. The number of likely N-dealkylation sites (tertiary alicyclic amines) is 1. The number of esters is 1. The molecule has 1 aromatic carbocycles. The summed E-state index contributed by atoms with van der Waals surface area (Å²) in [4.78, 5) is 28.1. The van der Waals surface area contributed by atoms with Crippen LogP contribution in [0.1, 0.15) is 35.8 Å². The Balaban J connectivity index is 1.46. The van der Waals surface area contributed by atoms with E-state index in [9.17, 15) is 9.59 Å². The van der Waals surface area contributed by atoms with E-state index in [-0.39, 0.29) is 6.09 Å². The molecule has 0 N–H and O–H groups in total. The van der Waals surface area contributed by atoms with E-state index in [0.29, 0.717) is 37.9 Å². The first-order valence-corrected chi connectivity index (χ1v) is 10.4. The summed E-state index contributed by atoms with van der Waals surface area (Å²) in [5.41, 5.74) is 1.30. The van der Waals surface area contributed by atoms with Gasteiger partial charge in [-0.05, 0) is 31.2 Å². The van der Waals surface area contributed by atoms with Crippen molar-refractivity contribution >= 4 is 17.9 Å². The number of aromatic nitrogens is 2. The Hall–Kier alpha value is -3.03. The summed E-state index contributed by atoms with van der Waals surface area (Å²) in [6, 6.07) is 11.5. The van der Waals surface area contributed by atoms with Crippen LogP contribution in [0.3, 0.4) is 0 Å². The van der Waals surface area contributed by atoms with Crippen LogP contribution in [0.2, 0.25) is 0 Å². The van der Waals surface area contributed by atoms with Crippen LogP contribution in [0.4, 0.5) is 10.6 Å². The lowest BCUT2D eigenvalue weighted by molar-refractivity contribution is 0.0518. The number of carbonyl (C=O) groups is 2. The normalized spacial score (nSPS) is 14.4. The van der Waals surface area contributed by atoms with Gasteiger partial charge in [-0.1, -0.05) is 30.3 Å². The van der Waals surface area contributed by atoms with Gasteiger partial charge in [0.2, 0.25) is 0 Å². The lowest BCUT2D eigenvalue weighted by Gasteiger charge is -2.33. The van der Waals surface area contributed by atoms with Gasteiger partial charge in [0.1, 0.15) is 12.4 Å². The van der Waals surface area contributed by atoms with Gasteiger partial charge in [-0.2, -0.15) is 5.10 Å². The van der Waals surface area contributed by atoms with Gasteiger partial charge >= 0.3 is 12.1 Å². The first-order chi connectivity index (χ1) is 14.5. The van der Waals surface area contributed by atoms with E-state index < -0.39 is 5.97 Å². The number of rotatable bonds is 7. The van der Waals surface area contributed by atoms with Crippen LogP contribution in [0.25, 0.3) is 0 Å². The number of hydrogen-bond donors (Lipinski definition) is 0. The number of nitrogens with zero attached hydrogens (tertiary/aromatic N) is 4. The van der Waals surface area contributed by atoms with Crippen molar-refractivity contribution in [1.29, 1.82) is 0 Å². The van der Waals surface area contributed by atoms with Crippen LogP contribution in [0, 0.1) is 5.92 Å². The highest BCUT2D eigenvalue weighted by Gasteiger charge is 2.25. The number of piperidine rings is 1. The zero-order chi connectivity index (χ0) is 21.5. The van der Waals surface area contributed by atoms with E-state index in [4.69, 9.17) is 9.47 Å². The fraction of sp³-hybridized carbons (Fsp3) is 0.500. The zero-order valence-electron chi connectivity index (χ0n) is 17.9. The fourth-order valence-electron chi connectivity index (χ4n) is 3.71. The SMILES string of the molecule is CCOC(=O)c1cc(N(C)CC2CCN(C(=O)OCc3ccccc3)CC2)n(C)n1. The first kappa shape index (κ1) is 21.7. The van der Waals surface area contributed by atoms with E-state index in [0.717, 1.165) is 30.8 Å². The number of hydrogen-bond acceptors (Lipinski definition) is 6. The maximum absolute atomic E-state index is 12.3. The maximum Gasteiger partial charge on any atom is 0.410 e. The largest absolute Gasteiger partial charge is 0.461 e. The highest BCUT2D eigenvalue weighted by atomic mass is 16.6. The number of anilines is 1. The summed E-state index contributed by atoms with van der Waals surface area (Å²) in [7, 11) is 3.81. The highest BCUT2D eigenvalue weighted by Crippen LogP contribution is 2.22. The van der Waals surface area contributed by atoms with Crippen molar-refractivity contribution in [2.75, 3.05) is 38.2 Å². The van der Waals surface area contributed by atoms with E-state index in [1.165, 1.54) is 0 Å². The average Bonchev–Trinajstić information content (AvgIpc) is 3.15. The van der Waals surface area contributed by atoms with Gasteiger partial charge < -0.3 is 19.3 Å². The topological polar surface area (TPSA) is 76.9 Å². The van der Waals surface area contributed by atoms with Gasteiger partial charge in [0, 0.05) is 39.8 Å². The number of carbonyl (C=O) groups excluding carboxylic acids is 2. The minimum absolute atomic E-state index is 0.253. The smallest absolute Gasteiger partial charge is 0.410 e. The quantitative estimate of drug-likeness (QED) is 0.648. The molecule has 0 saturated carbocycles. The number of benzene rings is 1. The van der Waals surface area contributed by atoms with Crippen molar-refractivity contribution in [2.24, 2.45) is 13.0 Å². The van der Waals surface area contributed by atoms with Crippen LogP contribution in [0.5, 0.6) is 0 Å². The molecular weight excluding hydrogens is 384 g/mol. The number of aryl methyl sites for hydroxylation is 1. The molecule has 0 atom stereocenters. The van der Waals surface area contributed by atoms with Crippen molar-refractivity contribution in [3.63, 3.8) is 0 Å². The lowest BCUT2D eigenvalue weighted by Crippen LogP contribution is -2.41. The second-order valence-corrected chi connectivity index (χ2v) is 7.58. The van der Waals surface area contributed by atoms with E-state index in [2.05, 4.69) is 10.00 Å². The minimum Gasteiger partial charge on any atom is -0.461 e. The maximum atomic E-state index is 12.3. The summed E-state index contributed by atoms with van der Waals surface area (Å²) in [5, 5.41) is 4.26. The van der Waals surface area contributed by atoms with Crippen molar-refractivity contribution in [2.45, 2.75) is 26.4 Å². The third-order valence-corrected chi connectivity index (χ3v) is 5.34. The molecule has 0 aliphatic carbocycles. The number of amides is 1. The lowest BCUT2D eigenvalue weighted by atomic mass is 9.96. The third kappa shape index (κ3) is 5.52. The zero-order valence-corrected chi connectivity index (χ0v) is 17.9. The van der Waals surface area contributed by atoms with Crippen molar-refractivity contribution < 1.29 is 19.1 Å². The Kier molecular flexibility index (Phi) is 7.32. The van der Waals surface area contributed by atoms with Crippen molar-refractivity contribution in [3.8, 4) is 0 Å². The summed E-state index contributed by atoms with van der Waals surface area (Å²) in [6.07, 6.45) is 1.57. The Labute approximate surface area is 177 Å². The molecule has 1 aromatic heterocycles. The monoisotopic (exact) mass is 414 g/mol. The van der Waals surface area contributed by atoms with E-state index in [1.54, 1.807) is 22.6 Å². The fourth-order valence-corrected chi connectivity index (χ4v) is 3.71. The van der Waals surface area contributed by atoms with Crippen LogP contribution in [0.15, 0.2) is 36.4 Å². The highest BCUT2D eigenvalue weighted by molar-refractivity contribution is 5.88. The molecule has 8 heteroatoms. The van der Waals surface area contributed by atoms with Gasteiger partial charge in [-0.3, -0.25) is 4.68 Å². The van der Waals surface area contributed by atoms with Crippen LogP contribution < -0.4 is 4.90 Å². The Morgan fingerprint density at radius 2 is 1.87 bits per heavy atom. The van der Waals surface area contributed by atoms with E-state index >= 15 is 0 Å². The average molecular weight is 415 g/mol. The van der Waals surface area contributed by atoms with Crippen LogP contribution >= 0.6 is 0 Å². The second kappa shape index (κ2) is 10.1. The van der Waals surface area contributed by atoms with Crippen molar-refractivity contribution in [3.05, 3.63) is 47.7 Å². The molecule has 162 valence electrons. The Bertz CT molecular complexity index is 844. The molecule has 1 amide bonds. The van der Waals surface area contributed by atoms with Crippen LogP contribution in [-0.2, 0) is 23.1 Å². The number of ether oxygens (including phenoxy) is 2. The molecule has 2 heterocycles. The molecule has 1 fully saturated rings. The van der Waals surface area contributed by atoms with Gasteiger partial charge in [-0.25, -0.2) is 9.59 Å². The standard InChI is InChI=1S/C22H30N4O4/c1-4-29-21(27)19-14-20(25(3)23-19)24(2)15-17-10-12-26(13-11-17)22(28)30-16-18-8-6-5-7-9-18/h5-9,14,17H,4,10-13,15-16H2,1-3H3. The summed E-state index contributed by atoms with van der Waals surface area (Å²) in [6.45, 7) is 4.60. The molecule has 8 nitrogen and oxygen atoms in total. The Morgan fingerprint density at radius 1 is 1.17 bits per heavy atom. The molecule has 0 radical (unpaired) electrons. The van der Waals surface area contributed by atoms with Crippen LogP contribution in [-0.4, -0.2) is 60.0 Å². The summed E-state index contributed by atoms with van der Waals surface area (Å²) in [5.74, 6) is 0.909. The van der Waals surface area contributed by atoms with Gasteiger partial charge in [0.15, 0.2) is 5.69 Å². The summed E-state index contributed by atoms with van der Waals surface area (Å²) < 4.78 is 12.2. The molecule has 30 heavy (non-hydrogen) atoms. The molecule has 3 rings (SSSR count). The molecule has 0 unspecified atom stereocenters. The van der Waals surface area contributed by atoms with E-state index in [1.807, 2.05) is 44.4 Å². The predicted octanol–water partition coefficient (Wildman–Crippen LogP) is 3.08. The second-order valence-electron chi connectivity index (χ2n) is 7.58. The molecule has 1 saturated heterocycles. The third-order valence-electron chi connectivity index (χ3n) is 5.34. The molecule has 0 bridgehead atoms. The summed E-state index contributed by atoms with van der Waals surface area (Å²) >= 11 is 0. The van der Waals surface area contributed by atoms with Gasteiger partial charge in [0.05, 0.1) is 6.61 Å².